The van der Waals surface area contributed by atoms with Gasteiger partial charge in [0.1, 0.15) is 0 Å². The first-order valence-electron chi connectivity index (χ1n) is 12.2. The van der Waals surface area contributed by atoms with Gasteiger partial charge in [0.15, 0.2) is 17.2 Å². The van der Waals surface area contributed by atoms with Gasteiger partial charge in [-0.15, -0.1) is 0 Å². The van der Waals surface area contributed by atoms with Crippen molar-refractivity contribution in [3.8, 4) is 17.5 Å². The number of methoxy groups -OCH3 is 1. The number of H-pyrrole nitrogens is 1. The molecule has 0 saturated carbocycles. The number of nitrogens with one attached hydrogen (secondary N) is 1. The molecule has 2 aromatic carbocycles. The summed E-state index contributed by atoms with van der Waals surface area (Å²) < 4.78 is 27.7. The van der Waals surface area contributed by atoms with Crippen molar-refractivity contribution >= 4 is 27.8 Å². The number of carboxylic acids is 1. The molecule has 1 aliphatic rings. The van der Waals surface area contributed by atoms with E-state index in [1.54, 1.807) is 25.3 Å². The van der Waals surface area contributed by atoms with Crippen LogP contribution in [-0.2, 0) is 14.9 Å². The minimum atomic E-state index is -1.24. The van der Waals surface area contributed by atoms with Gasteiger partial charge in [-0.05, 0) is 49.6 Å². The fourth-order valence-corrected chi connectivity index (χ4v) is 5.45. The van der Waals surface area contributed by atoms with Crippen LogP contribution in [0.15, 0.2) is 36.5 Å². The molecule has 2 N–H and O–H groups in total. The molecule has 3 heterocycles. The minimum Gasteiger partial charge on any atom is -0.494 e. The summed E-state index contributed by atoms with van der Waals surface area (Å²) in [6.07, 6.45) is 2.95. The highest BCUT2D eigenvalue weighted by Crippen LogP contribution is 2.46. The smallest absolute Gasteiger partial charge is 0.335 e. The number of rotatable bonds is 6. The number of hydrogen-bond donors (Lipinski definition) is 2. The van der Waals surface area contributed by atoms with Crippen molar-refractivity contribution in [1.29, 1.82) is 5.26 Å². The molecule has 1 fully saturated rings. The number of hydrogen-bond acceptors (Lipinski definition) is 5. The number of halogens is 1. The Hall–Kier alpha value is -3.90. The summed E-state index contributed by atoms with van der Waals surface area (Å²) in [5.41, 5.74) is 2.52. The fourth-order valence-electron chi connectivity index (χ4n) is 5.45. The number of carboxylic acid groups (broad SMARTS) is 1. The molecule has 0 amide bonds. The van der Waals surface area contributed by atoms with Gasteiger partial charge in [-0.1, -0.05) is 13.8 Å². The predicted molar refractivity (Wildman–Crippen MR) is 137 cm³/mol. The lowest BCUT2D eigenvalue weighted by Crippen LogP contribution is -2.43. The van der Waals surface area contributed by atoms with Crippen LogP contribution in [0, 0.1) is 17.1 Å². The maximum atomic E-state index is 14.4. The molecule has 0 radical (unpaired) electrons. The lowest BCUT2D eigenvalue weighted by Gasteiger charge is -2.36. The van der Waals surface area contributed by atoms with Gasteiger partial charge in [0.25, 0.3) is 0 Å². The lowest BCUT2D eigenvalue weighted by atomic mass is 9.77. The third-order valence-corrected chi connectivity index (χ3v) is 7.55. The predicted octanol–water partition coefficient (Wildman–Crippen LogP) is 5.58. The van der Waals surface area contributed by atoms with E-state index in [-0.39, 0.29) is 24.7 Å². The van der Waals surface area contributed by atoms with Crippen molar-refractivity contribution in [2.45, 2.75) is 57.0 Å². The van der Waals surface area contributed by atoms with Gasteiger partial charge in [0, 0.05) is 46.0 Å². The molecule has 9 heteroatoms. The van der Waals surface area contributed by atoms with E-state index in [1.165, 1.54) is 13.2 Å². The number of fused-ring (bicyclic) bond motifs is 2. The molecule has 0 spiro atoms. The van der Waals surface area contributed by atoms with E-state index in [0.29, 0.717) is 18.5 Å². The zero-order chi connectivity index (χ0) is 26.5. The molecule has 37 heavy (non-hydrogen) atoms. The molecule has 2 aromatic heterocycles. The van der Waals surface area contributed by atoms with Crippen LogP contribution in [0.5, 0.6) is 5.75 Å². The first kappa shape index (κ1) is 24.8. The van der Waals surface area contributed by atoms with Crippen LogP contribution in [0.25, 0.3) is 27.5 Å². The second-order valence-electron chi connectivity index (χ2n) is 10.5. The van der Waals surface area contributed by atoms with Gasteiger partial charge in [-0.2, -0.15) is 10.4 Å². The quantitative estimate of drug-likeness (QED) is 0.354. The molecule has 8 nitrogen and oxygen atoms in total. The van der Waals surface area contributed by atoms with Crippen LogP contribution in [0.1, 0.15) is 57.2 Å². The Morgan fingerprint density at radius 3 is 2.84 bits per heavy atom. The topological polar surface area (TPSA) is 113 Å². The zero-order valence-electron chi connectivity index (χ0n) is 21.3. The van der Waals surface area contributed by atoms with E-state index < -0.39 is 22.8 Å². The number of ether oxygens (including phenoxy) is 2. The average molecular weight is 505 g/mol. The van der Waals surface area contributed by atoms with E-state index in [1.807, 2.05) is 26.0 Å². The second kappa shape index (κ2) is 8.89. The van der Waals surface area contributed by atoms with E-state index in [9.17, 15) is 19.6 Å². The number of benzene rings is 2. The Morgan fingerprint density at radius 2 is 2.19 bits per heavy atom. The molecule has 2 atom stereocenters. The van der Waals surface area contributed by atoms with Gasteiger partial charge < -0.3 is 19.1 Å². The van der Waals surface area contributed by atoms with Crippen molar-refractivity contribution < 1.29 is 23.8 Å². The number of aliphatic carboxylic acids is 1. The molecule has 5 rings (SSSR count). The molecule has 0 bridgehead atoms. The SMILES string of the molecule is COc1cc(-n2c(C(C)(C)CC#N)c([C@@H]3CC[C@@](C)(C(=O)O)OC3)c3cc4[nH]ncc4cc32)ccc1F. The number of aromatic nitrogens is 3. The highest BCUT2D eigenvalue weighted by Gasteiger charge is 2.42. The average Bonchev–Trinajstić information content (AvgIpc) is 3.45. The third-order valence-electron chi connectivity index (χ3n) is 7.55. The normalized spacial score (nSPS) is 20.3. The Morgan fingerprint density at radius 1 is 1.41 bits per heavy atom. The van der Waals surface area contributed by atoms with E-state index in [0.717, 1.165) is 33.1 Å². The molecule has 1 saturated heterocycles. The van der Waals surface area contributed by atoms with Crippen molar-refractivity contribution in [2.24, 2.45) is 0 Å². The number of carbonyl (C=O) groups is 1. The third kappa shape index (κ3) is 4.02. The van der Waals surface area contributed by atoms with Crippen LogP contribution >= 0.6 is 0 Å². The van der Waals surface area contributed by atoms with Crippen molar-refractivity contribution in [3.63, 3.8) is 0 Å². The lowest BCUT2D eigenvalue weighted by molar-refractivity contribution is -0.170. The van der Waals surface area contributed by atoms with Crippen molar-refractivity contribution in [1.82, 2.24) is 14.8 Å². The highest BCUT2D eigenvalue weighted by molar-refractivity contribution is 5.99. The number of aromatic amines is 1. The first-order chi connectivity index (χ1) is 17.6. The molecule has 192 valence electrons. The van der Waals surface area contributed by atoms with Crippen LogP contribution in [-0.4, -0.2) is 45.2 Å². The summed E-state index contributed by atoms with van der Waals surface area (Å²) >= 11 is 0. The van der Waals surface area contributed by atoms with Crippen LogP contribution < -0.4 is 4.74 Å². The van der Waals surface area contributed by atoms with Gasteiger partial charge in [0.05, 0.1) is 37.0 Å². The van der Waals surface area contributed by atoms with Crippen LogP contribution in [0.4, 0.5) is 4.39 Å². The summed E-state index contributed by atoms with van der Waals surface area (Å²) in [6, 6.07) is 11.1. The number of nitriles is 1. The van der Waals surface area contributed by atoms with E-state index in [2.05, 4.69) is 20.8 Å². The Labute approximate surface area is 213 Å². The second-order valence-corrected chi connectivity index (χ2v) is 10.5. The molecular weight excluding hydrogens is 475 g/mol. The fraction of sp³-hybridized carbons (Fsp3) is 0.393. The van der Waals surface area contributed by atoms with Gasteiger partial charge in [0.2, 0.25) is 0 Å². The largest absolute Gasteiger partial charge is 0.494 e. The Balaban J connectivity index is 1.83. The molecular formula is C28H29FN4O4. The maximum absolute atomic E-state index is 14.4. The molecule has 0 aliphatic carbocycles. The first-order valence-corrected chi connectivity index (χ1v) is 12.2. The number of nitrogens with zero attached hydrogens (tertiary/aromatic N) is 3. The van der Waals surface area contributed by atoms with Crippen molar-refractivity contribution in [3.05, 3.63) is 53.6 Å². The Kier molecular flexibility index (Phi) is 5.95. The van der Waals surface area contributed by atoms with Gasteiger partial charge >= 0.3 is 5.97 Å². The van der Waals surface area contributed by atoms with Gasteiger partial charge in [-0.3, -0.25) is 5.10 Å². The standard InChI is InChI=1S/C28H29FN4O4/c1-27(2,9-10-30)25-24(16-7-8-28(3,26(34)35)37-15-16)19-13-21-17(14-31-32-21)11-22(19)33(25)18-5-6-20(29)23(12-18)36-4/h5-6,11-14,16H,7-9,15H2,1-4H3,(H,31,32)(H,34,35)/t16-,28+/m1/s1. The Bertz CT molecular complexity index is 1550. The summed E-state index contributed by atoms with van der Waals surface area (Å²) in [6.45, 7) is 5.87. The summed E-state index contributed by atoms with van der Waals surface area (Å²) in [5, 5.41) is 28.5. The van der Waals surface area contributed by atoms with Crippen molar-refractivity contribution in [2.75, 3.05) is 13.7 Å². The summed E-state index contributed by atoms with van der Waals surface area (Å²) in [5.74, 6) is -1.43. The molecule has 4 aromatic rings. The van der Waals surface area contributed by atoms with E-state index >= 15 is 0 Å². The summed E-state index contributed by atoms with van der Waals surface area (Å²) in [7, 11) is 1.43. The highest BCUT2D eigenvalue weighted by atomic mass is 19.1. The molecule has 1 aliphatic heterocycles. The van der Waals surface area contributed by atoms with Crippen LogP contribution in [0.3, 0.4) is 0 Å². The van der Waals surface area contributed by atoms with Crippen LogP contribution in [0.2, 0.25) is 0 Å². The monoisotopic (exact) mass is 504 g/mol. The maximum Gasteiger partial charge on any atom is 0.335 e. The zero-order valence-corrected chi connectivity index (χ0v) is 21.3. The van der Waals surface area contributed by atoms with E-state index in [4.69, 9.17) is 9.47 Å². The molecule has 0 unspecified atom stereocenters. The summed E-state index contributed by atoms with van der Waals surface area (Å²) in [4.78, 5) is 11.8. The van der Waals surface area contributed by atoms with Gasteiger partial charge in [-0.25, -0.2) is 9.18 Å². The minimum absolute atomic E-state index is 0.105.